The van der Waals surface area contributed by atoms with E-state index in [0.717, 1.165) is 12.1 Å². The van der Waals surface area contributed by atoms with Gasteiger partial charge in [0.15, 0.2) is 6.61 Å². The van der Waals surface area contributed by atoms with Gasteiger partial charge in [0, 0.05) is 0 Å². The number of carbonyl (C=O) groups excluding carboxylic acids is 1. The number of hydrogen-bond acceptors (Lipinski definition) is 4. The molecule has 2 aromatic rings. The number of alkyl halides is 3. The minimum atomic E-state index is -4.63. The number of nitrogens with zero attached hydrogens (tertiary/aromatic N) is 1. The standard InChI is InChI=1S/C16H10F3NO3/c17-16(18,19)12-6-2-4-8-14(12)23-15(21)10-22-13-7-3-1-5-11(13)9-20/h1-8H,10H2. The molecule has 0 N–H and O–H groups in total. The van der Waals surface area contributed by atoms with Gasteiger partial charge in [0.1, 0.15) is 17.6 Å². The zero-order valence-electron chi connectivity index (χ0n) is 11.6. The number of para-hydroxylation sites is 2. The van der Waals surface area contributed by atoms with Gasteiger partial charge < -0.3 is 9.47 Å². The van der Waals surface area contributed by atoms with Crippen molar-refractivity contribution in [1.82, 2.24) is 0 Å². The Bertz CT molecular complexity index is 751. The van der Waals surface area contributed by atoms with Crippen molar-refractivity contribution in [2.24, 2.45) is 0 Å². The fourth-order valence-corrected chi connectivity index (χ4v) is 1.76. The SMILES string of the molecule is N#Cc1ccccc1OCC(=O)Oc1ccccc1C(F)(F)F. The van der Waals surface area contributed by atoms with Crippen LogP contribution in [0.4, 0.5) is 13.2 Å². The van der Waals surface area contributed by atoms with E-state index in [0.29, 0.717) is 0 Å². The molecule has 0 heterocycles. The van der Waals surface area contributed by atoms with Crippen LogP contribution in [0.25, 0.3) is 0 Å². The van der Waals surface area contributed by atoms with Crippen molar-refractivity contribution in [3.05, 3.63) is 59.7 Å². The van der Waals surface area contributed by atoms with Crippen LogP contribution in [-0.4, -0.2) is 12.6 Å². The van der Waals surface area contributed by atoms with Crippen molar-refractivity contribution in [3.63, 3.8) is 0 Å². The molecule has 0 amide bonds. The fourth-order valence-electron chi connectivity index (χ4n) is 1.76. The topological polar surface area (TPSA) is 59.3 Å². The van der Waals surface area contributed by atoms with Crippen LogP contribution in [0.1, 0.15) is 11.1 Å². The molecule has 7 heteroatoms. The first kappa shape index (κ1) is 16.4. The van der Waals surface area contributed by atoms with E-state index >= 15 is 0 Å². The molecule has 0 aliphatic carbocycles. The number of ether oxygens (including phenoxy) is 2. The van der Waals surface area contributed by atoms with E-state index in [4.69, 9.17) is 14.7 Å². The van der Waals surface area contributed by atoms with E-state index in [1.54, 1.807) is 12.1 Å². The predicted octanol–water partition coefficient (Wildman–Crippen LogP) is 3.56. The van der Waals surface area contributed by atoms with Crippen molar-refractivity contribution in [3.8, 4) is 17.6 Å². The van der Waals surface area contributed by atoms with Crippen LogP contribution >= 0.6 is 0 Å². The summed E-state index contributed by atoms with van der Waals surface area (Å²) in [7, 11) is 0. The Labute approximate surface area is 129 Å². The molecule has 0 radical (unpaired) electrons. The third kappa shape index (κ3) is 4.23. The smallest absolute Gasteiger partial charge is 0.419 e. The van der Waals surface area contributed by atoms with E-state index in [9.17, 15) is 18.0 Å². The first-order valence-corrected chi connectivity index (χ1v) is 6.40. The highest BCUT2D eigenvalue weighted by Gasteiger charge is 2.34. The molecule has 0 aliphatic heterocycles. The minimum Gasteiger partial charge on any atom is -0.481 e. The molecule has 0 spiro atoms. The first-order chi connectivity index (χ1) is 10.9. The Morgan fingerprint density at radius 3 is 2.30 bits per heavy atom. The van der Waals surface area contributed by atoms with Gasteiger partial charge in [0.2, 0.25) is 0 Å². The Hall–Kier alpha value is -3.01. The van der Waals surface area contributed by atoms with Gasteiger partial charge >= 0.3 is 12.1 Å². The van der Waals surface area contributed by atoms with Gasteiger partial charge in [-0.15, -0.1) is 0 Å². The van der Waals surface area contributed by atoms with Gasteiger partial charge in [-0.25, -0.2) is 4.79 Å². The van der Waals surface area contributed by atoms with Crippen LogP contribution in [0.5, 0.6) is 11.5 Å². The van der Waals surface area contributed by atoms with Crippen LogP contribution in [0.15, 0.2) is 48.5 Å². The van der Waals surface area contributed by atoms with E-state index in [-0.39, 0.29) is 11.3 Å². The summed E-state index contributed by atoms with van der Waals surface area (Å²) in [5.41, 5.74) is -0.846. The van der Waals surface area contributed by atoms with Gasteiger partial charge in [-0.2, -0.15) is 18.4 Å². The second kappa shape index (κ2) is 6.83. The number of rotatable bonds is 4. The molecule has 0 fully saturated rings. The number of esters is 1. The molecule has 0 aliphatic rings. The average molecular weight is 321 g/mol. The quantitative estimate of drug-likeness (QED) is 0.638. The number of carbonyl (C=O) groups is 1. The second-order valence-electron chi connectivity index (χ2n) is 4.36. The van der Waals surface area contributed by atoms with Crippen molar-refractivity contribution in [1.29, 1.82) is 5.26 Å². The highest BCUT2D eigenvalue weighted by molar-refractivity contribution is 5.74. The predicted molar refractivity (Wildman–Crippen MR) is 73.7 cm³/mol. The Balaban J connectivity index is 2.05. The molecule has 0 unspecified atom stereocenters. The van der Waals surface area contributed by atoms with Gasteiger partial charge in [-0.05, 0) is 24.3 Å². The summed E-state index contributed by atoms with van der Waals surface area (Å²) in [6, 6.07) is 12.4. The van der Waals surface area contributed by atoms with Crippen molar-refractivity contribution in [2.75, 3.05) is 6.61 Å². The van der Waals surface area contributed by atoms with Gasteiger partial charge in [0.25, 0.3) is 0 Å². The van der Waals surface area contributed by atoms with E-state index in [2.05, 4.69) is 0 Å². The Morgan fingerprint density at radius 1 is 1.04 bits per heavy atom. The maximum absolute atomic E-state index is 12.8. The van der Waals surface area contributed by atoms with Gasteiger partial charge in [-0.1, -0.05) is 24.3 Å². The molecule has 0 saturated carbocycles. The van der Waals surface area contributed by atoms with Crippen LogP contribution in [0, 0.1) is 11.3 Å². The fraction of sp³-hybridized carbons (Fsp3) is 0.125. The zero-order valence-corrected chi connectivity index (χ0v) is 11.6. The maximum Gasteiger partial charge on any atom is 0.419 e. The lowest BCUT2D eigenvalue weighted by atomic mass is 10.2. The molecule has 4 nitrogen and oxygen atoms in total. The molecule has 2 rings (SSSR count). The van der Waals surface area contributed by atoms with E-state index < -0.39 is 30.1 Å². The van der Waals surface area contributed by atoms with Crippen molar-refractivity contribution < 1.29 is 27.4 Å². The number of hydrogen-bond donors (Lipinski definition) is 0. The summed E-state index contributed by atoms with van der Waals surface area (Å²) < 4.78 is 48.2. The first-order valence-electron chi connectivity index (χ1n) is 6.40. The molecular weight excluding hydrogens is 311 g/mol. The monoisotopic (exact) mass is 321 g/mol. The van der Waals surface area contributed by atoms with Crippen LogP contribution in [0.2, 0.25) is 0 Å². The third-order valence-electron chi connectivity index (χ3n) is 2.77. The molecular formula is C16H10F3NO3. The van der Waals surface area contributed by atoms with Gasteiger partial charge in [-0.3, -0.25) is 0 Å². The molecule has 2 aromatic carbocycles. The summed E-state index contributed by atoms with van der Waals surface area (Å²) in [4.78, 5) is 11.7. The number of benzene rings is 2. The summed E-state index contributed by atoms with van der Waals surface area (Å²) in [5.74, 6) is -1.45. The van der Waals surface area contributed by atoms with Crippen LogP contribution < -0.4 is 9.47 Å². The summed E-state index contributed by atoms with van der Waals surface area (Å²) >= 11 is 0. The number of halogens is 3. The average Bonchev–Trinajstić information content (AvgIpc) is 2.52. The molecule has 0 aromatic heterocycles. The van der Waals surface area contributed by atoms with Gasteiger partial charge in [0.05, 0.1) is 11.1 Å². The van der Waals surface area contributed by atoms with Crippen LogP contribution in [-0.2, 0) is 11.0 Å². The largest absolute Gasteiger partial charge is 0.481 e. The number of nitriles is 1. The second-order valence-corrected chi connectivity index (χ2v) is 4.36. The summed E-state index contributed by atoms with van der Waals surface area (Å²) in [6.07, 6.45) is -4.63. The third-order valence-corrected chi connectivity index (χ3v) is 2.77. The van der Waals surface area contributed by atoms with Crippen LogP contribution in [0.3, 0.4) is 0 Å². The Morgan fingerprint density at radius 2 is 1.65 bits per heavy atom. The lowest BCUT2D eigenvalue weighted by Gasteiger charge is -2.13. The lowest BCUT2D eigenvalue weighted by molar-refractivity contribution is -0.143. The summed E-state index contributed by atoms with van der Waals surface area (Å²) in [6.45, 7) is -0.620. The molecule has 0 atom stereocenters. The lowest BCUT2D eigenvalue weighted by Crippen LogP contribution is -2.20. The van der Waals surface area contributed by atoms with Crippen molar-refractivity contribution >= 4 is 5.97 Å². The normalized spacial score (nSPS) is 10.7. The summed E-state index contributed by atoms with van der Waals surface area (Å²) in [5, 5.41) is 8.87. The molecule has 0 bridgehead atoms. The van der Waals surface area contributed by atoms with E-state index in [1.165, 1.54) is 24.3 Å². The highest BCUT2D eigenvalue weighted by Crippen LogP contribution is 2.35. The van der Waals surface area contributed by atoms with Crippen molar-refractivity contribution in [2.45, 2.75) is 6.18 Å². The molecule has 23 heavy (non-hydrogen) atoms. The zero-order chi connectivity index (χ0) is 16.9. The maximum atomic E-state index is 12.8. The minimum absolute atomic E-state index is 0.149. The highest BCUT2D eigenvalue weighted by atomic mass is 19.4. The Kier molecular flexibility index (Phi) is 4.86. The molecule has 118 valence electrons. The van der Waals surface area contributed by atoms with E-state index in [1.807, 2.05) is 6.07 Å². The molecule has 0 saturated heterocycles.